The van der Waals surface area contributed by atoms with Crippen LogP contribution in [0.5, 0.6) is 0 Å². The molecule has 2 aliphatic rings. The van der Waals surface area contributed by atoms with E-state index in [-0.39, 0.29) is 5.91 Å². The fraction of sp³-hybridized carbons (Fsp3) is 0.556. The van der Waals surface area contributed by atoms with Crippen LogP contribution in [0.3, 0.4) is 0 Å². The molecule has 1 amide bonds. The molecule has 0 bridgehead atoms. The van der Waals surface area contributed by atoms with Crippen LogP contribution in [-0.4, -0.2) is 36.7 Å². The van der Waals surface area contributed by atoms with E-state index < -0.39 is 0 Å². The van der Waals surface area contributed by atoms with Gasteiger partial charge in [0.1, 0.15) is 5.00 Å². The van der Waals surface area contributed by atoms with Gasteiger partial charge in [-0.25, -0.2) is 4.98 Å². The minimum absolute atomic E-state index is 0.0430. The maximum Gasteiger partial charge on any atom is 0.257 e. The van der Waals surface area contributed by atoms with Gasteiger partial charge in [0.25, 0.3) is 5.91 Å². The van der Waals surface area contributed by atoms with Gasteiger partial charge in [0.15, 0.2) is 0 Å². The number of rotatable bonds is 6. The highest BCUT2D eigenvalue weighted by Crippen LogP contribution is 2.43. The maximum atomic E-state index is 12.3. The highest BCUT2D eigenvalue weighted by molar-refractivity contribution is 7.15. The molecule has 2 atom stereocenters. The van der Waals surface area contributed by atoms with Crippen LogP contribution >= 0.6 is 22.7 Å². The number of ether oxygens (including phenoxy) is 1. The van der Waals surface area contributed by atoms with Crippen LogP contribution in [0, 0.1) is 12.8 Å². The lowest BCUT2D eigenvalue weighted by Gasteiger charge is -2.22. The van der Waals surface area contributed by atoms with Crippen molar-refractivity contribution in [3.8, 4) is 0 Å². The first-order valence-corrected chi connectivity index (χ1v) is 10.5. The van der Waals surface area contributed by atoms with E-state index >= 15 is 0 Å². The Morgan fingerprint density at radius 3 is 3.00 bits per heavy atom. The van der Waals surface area contributed by atoms with Crippen LogP contribution < -0.4 is 10.6 Å². The summed E-state index contributed by atoms with van der Waals surface area (Å²) in [6, 6.07) is 2.62. The van der Waals surface area contributed by atoms with E-state index in [1.807, 2.05) is 12.3 Å². The van der Waals surface area contributed by atoms with Crippen molar-refractivity contribution >= 4 is 33.6 Å². The molecule has 2 N–H and O–H groups in total. The van der Waals surface area contributed by atoms with Crippen molar-refractivity contribution in [2.24, 2.45) is 5.92 Å². The molecule has 3 heterocycles. The number of nitrogens with one attached hydrogen (secondary N) is 2. The Morgan fingerprint density at radius 1 is 1.40 bits per heavy atom. The second kappa shape index (κ2) is 7.53. The second-order valence-corrected chi connectivity index (χ2v) is 9.03. The molecular formula is C18H23N3O2S2. The summed E-state index contributed by atoms with van der Waals surface area (Å²) in [6.45, 7) is 4.84. The van der Waals surface area contributed by atoms with E-state index in [0.717, 1.165) is 41.2 Å². The monoisotopic (exact) mass is 377 g/mol. The Labute approximate surface area is 155 Å². The third kappa shape index (κ3) is 4.28. The van der Waals surface area contributed by atoms with Crippen molar-refractivity contribution in [1.29, 1.82) is 0 Å². The molecule has 2 unspecified atom stereocenters. The number of hydrogen-bond donors (Lipinski definition) is 2. The van der Waals surface area contributed by atoms with Gasteiger partial charge < -0.3 is 15.4 Å². The van der Waals surface area contributed by atoms with Crippen molar-refractivity contribution in [1.82, 2.24) is 10.3 Å². The largest absolute Gasteiger partial charge is 0.381 e. The van der Waals surface area contributed by atoms with Crippen molar-refractivity contribution in [3.63, 3.8) is 0 Å². The molecule has 7 heteroatoms. The van der Waals surface area contributed by atoms with Gasteiger partial charge in [-0.15, -0.1) is 22.7 Å². The van der Waals surface area contributed by atoms with E-state index in [0.29, 0.717) is 12.0 Å². The van der Waals surface area contributed by atoms with Crippen molar-refractivity contribution in [2.75, 3.05) is 25.1 Å². The highest BCUT2D eigenvalue weighted by Gasteiger charge is 2.39. The Hall–Kier alpha value is -1.28. The molecule has 1 saturated carbocycles. The molecule has 25 heavy (non-hydrogen) atoms. The molecular weight excluding hydrogens is 354 g/mol. The molecule has 134 valence electrons. The highest BCUT2D eigenvalue weighted by atomic mass is 32.1. The predicted octanol–water partition coefficient (Wildman–Crippen LogP) is 3.64. The number of carbonyl (C=O) groups excluding carboxylic acids is 1. The molecule has 4 rings (SSSR count). The van der Waals surface area contributed by atoms with Crippen molar-refractivity contribution < 1.29 is 9.53 Å². The second-order valence-electron chi connectivity index (χ2n) is 6.85. The fourth-order valence-corrected chi connectivity index (χ4v) is 5.01. The summed E-state index contributed by atoms with van der Waals surface area (Å²) in [5.41, 5.74) is 0.751. The first-order chi connectivity index (χ1) is 12.2. The third-order valence-corrected chi connectivity index (χ3v) is 6.80. The number of aromatic nitrogens is 1. The van der Waals surface area contributed by atoms with Gasteiger partial charge in [0, 0.05) is 35.4 Å². The Bertz CT molecular complexity index is 736. The van der Waals surface area contributed by atoms with Crippen LogP contribution in [0.2, 0.25) is 0 Å². The molecule has 1 aliphatic heterocycles. The molecule has 2 aromatic heterocycles. The van der Waals surface area contributed by atoms with E-state index in [4.69, 9.17) is 4.74 Å². The number of carbonyl (C=O) groups is 1. The minimum Gasteiger partial charge on any atom is -0.381 e. The molecule has 0 radical (unpaired) electrons. The zero-order chi connectivity index (χ0) is 17.2. The normalized spacial score (nSPS) is 23.6. The summed E-state index contributed by atoms with van der Waals surface area (Å²) in [7, 11) is 0. The number of aryl methyl sites for hydroxylation is 1. The van der Waals surface area contributed by atoms with E-state index in [9.17, 15) is 4.79 Å². The Kier molecular flexibility index (Phi) is 5.17. The summed E-state index contributed by atoms with van der Waals surface area (Å²) in [4.78, 5) is 17.8. The molecule has 1 aliphatic carbocycles. The molecule has 0 aromatic carbocycles. The third-order valence-electron chi connectivity index (χ3n) is 4.91. The molecule has 0 spiro atoms. The smallest absolute Gasteiger partial charge is 0.257 e. The van der Waals surface area contributed by atoms with Crippen molar-refractivity contribution in [2.45, 2.75) is 38.1 Å². The van der Waals surface area contributed by atoms with E-state index in [1.165, 1.54) is 35.5 Å². The van der Waals surface area contributed by atoms with Crippen LogP contribution in [0.4, 0.5) is 5.00 Å². The average Bonchev–Trinajstić information content (AvgIpc) is 3.02. The zero-order valence-corrected chi connectivity index (χ0v) is 15.9. The molecule has 5 nitrogen and oxygen atoms in total. The quantitative estimate of drug-likeness (QED) is 0.807. The van der Waals surface area contributed by atoms with Gasteiger partial charge in [0.2, 0.25) is 0 Å². The molecule has 1 saturated heterocycles. The van der Waals surface area contributed by atoms with Gasteiger partial charge in [-0.1, -0.05) is 0 Å². The van der Waals surface area contributed by atoms with E-state index in [2.05, 4.69) is 21.7 Å². The van der Waals surface area contributed by atoms with Crippen LogP contribution in [0.25, 0.3) is 0 Å². The number of nitrogens with zero attached hydrogens (tertiary/aromatic N) is 1. The van der Waals surface area contributed by atoms with Crippen LogP contribution in [0.15, 0.2) is 17.6 Å². The maximum absolute atomic E-state index is 12.3. The number of thiophene rings is 1. The standard InChI is InChI=1S/C18H23N3O2S2/c1-11-19-9-17(25-11)21-18(22)13-6-16(24-10-13)14-7-15(14)20-8-12-2-4-23-5-3-12/h6,9-10,12,14-15,20H,2-5,7-8H2,1H3,(H,21,22). The SMILES string of the molecule is Cc1ncc(NC(=O)c2csc(C3CC3NCC3CCOCC3)c2)s1. The number of thiazole rings is 1. The lowest BCUT2D eigenvalue weighted by Crippen LogP contribution is -2.29. The minimum atomic E-state index is -0.0430. The molecule has 2 fully saturated rings. The van der Waals surface area contributed by atoms with Gasteiger partial charge in [-0.3, -0.25) is 4.79 Å². The summed E-state index contributed by atoms with van der Waals surface area (Å²) >= 11 is 3.19. The average molecular weight is 378 g/mol. The summed E-state index contributed by atoms with van der Waals surface area (Å²) in [5.74, 6) is 1.28. The van der Waals surface area contributed by atoms with Gasteiger partial charge in [-0.2, -0.15) is 0 Å². The zero-order valence-electron chi connectivity index (χ0n) is 14.3. The summed E-state index contributed by atoms with van der Waals surface area (Å²) < 4.78 is 5.41. The van der Waals surface area contributed by atoms with Crippen molar-refractivity contribution in [3.05, 3.63) is 33.1 Å². The van der Waals surface area contributed by atoms with Crippen LogP contribution in [0.1, 0.15) is 45.4 Å². The topological polar surface area (TPSA) is 63.2 Å². The van der Waals surface area contributed by atoms with Crippen LogP contribution in [-0.2, 0) is 4.74 Å². The lowest BCUT2D eigenvalue weighted by atomic mass is 10.0. The van der Waals surface area contributed by atoms with Gasteiger partial charge >= 0.3 is 0 Å². The Balaban J connectivity index is 1.27. The first-order valence-electron chi connectivity index (χ1n) is 8.82. The summed E-state index contributed by atoms with van der Waals surface area (Å²) in [5, 5.41) is 10.4. The molecule has 2 aromatic rings. The number of amides is 1. The lowest BCUT2D eigenvalue weighted by molar-refractivity contribution is 0.0662. The van der Waals surface area contributed by atoms with Gasteiger partial charge in [-0.05, 0) is 44.7 Å². The van der Waals surface area contributed by atoms with Gasteiger partial charge in [0.05, 0.1) is 16.8 Å². The summed E-state index contributed by atoms with van der Waals surface area (Å²) in [6.07, 6.45) is 5.23. The first kappa shape index (κ1) is 17.1. The number of hydrogen-bond acceptors (Lipinski definition) is 6. The predicted molar refractivity (Wildman–Crippen MR) is 102 cm³/mol. The Morgan fingerprint density at radius 2 is 2.24 bits per heavy atom. The van der Waals surface area contributed by atoms with E-state index in [1.54, 1.807) is 17.5 Å². The fourth-order valence-electron chi connectivity index (χ4n) is 3.27. The number of anilines is 1.